The Morgan fingerprint density at radius 1 is 0.402 bits per heavy atom. The van der Waals surface area contributed by atoms with E-state index in [1.807, 2.05) is 6.08 Å². The molecule has 0 radical (unpaired) electrons. The first kappa shape index (κ1) is 85.5. The maximum atomic E-state index is 13.4. The molecule has 9 N–H and O–H groups in total. The van der Waals surface area contributed by atoms with Crippen molar-refractivity contribution in [1.82, 2.24) is 5.32 Å². The number of hydrogen-bond acceptors (Lipinski definition) is 13. The second-order valence-electron chi connectivity index (χ2n) is 26.8. The van der Waals surface area contributed by atoms with Crippen LogP contribution in [0, 0.1) is 0 Å². The molecular weight excluding hydrogens is 1160 g/mol. The molecule has 0 saturated carbocycles. The molecular formula is C78H141NO13. The number of aliphatic hydroxyl groups excluding tert-OH is 8. The Balaban J connectivity index is 1.64. The van der Waals surface area contributed by atoms with Gasteiger partial charge in [0.25, 0.3) is 0 Å². The fourth-order valence-electron chi connectivity index (χ4n) is 12.4. The van der Waals surface area contributed by atoms with Gasteiger partial charge in [-0.3, -0.25) is 4.79 Å². The van der Waals surface area contributed by atoms with Crippen molar-refractivity contribution >= 4 is 5.91 Å². The van der Waals surface area contributed by atoms with Crippen molar-refractivity contribution in [3.05, 3.63) is 72.9 Å². The minimum Gasteiger partial charge on any atom is -0.394 e. The first-order chi connectivity index (χ1) is 45.1. The van der Waals surface area contributed by atoms with Crippen LogP contribution in [-0.2, 0) is 23.7 Å². The molecule has 2 saturated heterocycles. The third kappa shape index (κ3) is 45.0. The molecule has 0 aliphatic carbocycles. The quantitative estimate of drug-likeness (QED) is 0.0204. The average molecular weight is 1300 g/mol. The van der Waals surface area contributed by atoms with Crippen LogP contribution in [0.4, 0.5) is 0 Å². The van der Waals surface area contributed by atoms with E-state index in [1.54, 1.807) is 6.08 Å². The van der Waals surface area contributed by atoms with E-state index in [-0.39, 0.29) is 18.9 Å². The van der Waals surface area contributed by atoms with E-state index in [4.69, 9.17) is 18.9 Å². The van der Waals surface area contributed by atoms with E-state index in [9.17, 15) is 45.6 Å². The monoisotopic (exact) mass is 1300 g/mol. The Bertz CT molecular complexity index is 1820. The van der Waals surface area contributed by atoms with Gasteiger partial charge in [-0.1, -0.05) is 324 Å². The summed E-state index contributed by atoms with van der Waals surface area (Å²) < 4.78 is 22.9. The van der Waals surface area contributed by atoms with Gasteiger partial charge in [-0.05, 0) is 64.2 Å². The van der Waals surface area contributed by atoms with Crippen molar-refractivity contribution in [2.75, 3.05) is 19.8 Å². The van der Waals surface area contributed by atoms with Gasteiger partial charge in [0.2, 0.25) is 5.91 Å². The highest BCUT2D eigenvalue weighted by Crippen LogP contribution is 2.30. The van der Waals surface area contributed by atoms with Gasteiger partial charge in [-0.2, -0.15) is 0 Å². The van der Waals surface area contributed by atoms with Gasteiger partial charge in [0, 0.05) is 6.42 Å². The average Bonchev–Trinajstić information content (AvgIpc) is 0.844. The maximum Gasteiger partial charge on any atom is 0.220 e. The van der Waals surface area contributed by atoms with Crippen LogP contribution >= 0.6 is 0 Å². The maximum absolute atomic E-state index is 13.4. The van der Waals surface area contributed by atoms with Gasteiger partial charge in [-0.25, -0.2) is 0 Å². The second-order valence-corrected chi connectivity index (χ2v) is 26.8. The van der Waals surface area contributed by atoms with Crippen LogP contribution < -0.4 is 5.32 Å². The van der Waals surface area contributed by atoms with E-state index in [1.165, 1.54) is 225 Å². The number of nitrogens with one attached hydrogen (secondary N) is 1. The molecule has 2 heterocycles. The van der Waals surface area contributed by atoms with Crippen LogP contribution in [0.2, 0.25) is 0 Å². The lowest BCUT2D eigenvalue weighted by molar-refractivity contribution is -0.359. The van der Waals surface area contributed by atoms with E-state index in [0.717, 1.165) is 70.6 Å². The van der Waals surface area contributed by atoms with E-state index < -0.39 is 86.8 Å². The summed E-state index contributed by atoms with van der Waals surface area (Å²) in [7, 11) is 0. The molecule has 0 spiro atoms. The van der Waals surface area contributed by atoms with Gasteiger partial charge < -0.3 is 65.1 Å². The fourth-order valence-corrected chi connectivity index (χ4v) is 12.4. The number of allylic oxidation sites excluding steroid dienone is 11. The van der Waals surface area contributed by atoms with Crippen molar-refractivity contribution in [3.63, 3.8) is 0 Å². The molecule has 2 aliphatic heterocycles. The van der Waals surface area contributed by atoms with Crippen molar-refractivity contribution in [3.8, 4) is 0 Å². The molecule has 0 aromatic heterocycles. The highest BCUT2D eigenvalue weighted by Gasteiger charge is 2.51. The Morgan fingerprint density at radius 3 is 1.15 bits per heavy atom. The summed E-state index contributed by atoms with van der Waals surface area (Å²) in [4.78, 5) is 13.4. The lowest BCUT2D eigenvalue weighted by atomic mass is 9.97. The van der Waals surface area contributed by atoms with Gasteiger partial charge in [-0.15, -0.1) is 0 Å². The number of rotatable bonds is 63. The highest BCUT2D eigenvalue weighted by atomic mass is 16.7. The van der Waals surface area contributed by atoms with Crippen molar-refractivity contribution in [2.45, 2.75) is 396 Å². The largest absolute Gasteiger partial charge is 0.394 e. The third-order valence-corrected chi connectivity index (χ3v) is 18.4. The van der Waals surface area contributed by atoms with Crippen molar-refractivity contribution in [1.29, 1.82) is 0 Å². The second kappa shape index (κ2) is 62.0. The summed E-state index contributed by atoms with van der Waals surface area (Å²) in [6, 6.07) is -0.919. The van der Waals surface area contributed by atoms with Crippen LogP contribution in [-0.4, -0.2) is 140 Å². The Morgan fingerprint density at radius 2 is 0.750 bits per heavy atom. The third-order valence-electron chi connectivity index (χ3n) is 18.4. The molecule has 0 aromatic carbocycles. The molecule has 14 nitrogen and oxygen atoms in total. The number of carbonyl (C=O) groups excluding carboxylic acids is 1. The summed E-state index contributed by atoms with van der Waals surface area (Å²) in [6.07, 6.45) is 68.2. The minimum atomic E-state index is -1.79. The predicted octanol–water partition coefficient (Wildman–Crippen LogP) is 16.6. The molecule has 536 valence electrons. The number of hydrogen-bond donors (Lipinski definition) is 9. The highest BCUT2D eigenvalue weighted by molar-refractivity contribution is 5.76. The zero-order valence-electron chi connectivity index (χ0n) is 58.5. The Labute approximate surface area is 561 Å². The fraction of sp³-hybridized carbons (Fsp3) is 0.833. The molecule has 2 rings (SSSR count). The van der Waals surface area contributed by atoms with E-state index >= 15 is 0 Å². The number of carbonyl (C=O) groups is 1. The van der Waals surface area contributed by atoms with Crippen LogP contribution in [0.1, 0.15) is 322 Å². The Hall–Kier alpha value is -2.57. The molecule has 12 unspecified atom stereocenters. The van der Waals surface area contributed by atoms with Crippen LogP contribution in [0.3, 0.4) is 0 Å². The van der Waals surface area contributed by atoms with Crippen LogP contribution in [0.5, 0.6) is 0 Å². The number of amides is 1. The molecule has 14 heteroatoms. The number of aliphatic hydroxyl groups is 8. The van der Waals surface area contributed by atoms with Gasteiger partial charge in [0.05, 0.1) is 32.0 Å². The SMILES string of the molecule is CC/C=C\C/C=C\C/C=C\C/C=C\C/C=C\CCCCCCCCCCCCCCCCCC(=O)NC(COC1OC(CO)C(OC2OC(CO)C(O)C(O)C2O)C(O)C1O)C(O)/C=C/CCCCCCCCCCCCCCCCCCCCCCCCCCC. The van der Waals surface area contributed by atoms with Gasteiger partial charge >= 0.3 is 0 Å². The first-order valence-corrected chi connectivity index (χ1v) is 38.2. The van der Waals surface area contributed by atoms with Crippen LogP contribution in [0.15, 0.2) is 72.9 Å². The molecule has 2 aliphatic rings. The topological polar surface area (TPSA) is 228 Å². The zero-order chi connectivity index (χ0) is 66.6. The summed E-state index contributed by atoms with van der Waals surface area (Å²) in [5.74, 6) is -0.237. The smallest absolute Gasteiger partial charge is 0.220 e. The normalized spacial score (nSPS) is 23.1. The molecule has 0 bridgehead atoms. The zero-order valence-corrected chi connectivity index (χ0v) is 58.5. The molecule has 2 fully saturated rings. The molecule has 1 amide bonds. The summed E-state index contributed by atoms with van der Waals surface area (Å²) in [5.41, 5.74) is 0. The summed E-state index contributed by atoms with van der Waals surface area (Å²) in [5, 5.41) is 87.6. The van der Waals surface area contributed by atoms with Gasteiger partial charge in [0.15, 0.2) is 12.6 Å². The van der Waals surface area contributed by atoms with Gasteiger partial charge in [0.1, 0.15) is 48.8 Å². The van der Waals surface area contributed by atoms with E-state index in [0.29, 0.717) is 6.42 Å². The predicted molar refractivity (Wildman–Crippen MR) is 378 cm³/mol. The lowest BCUT2D eigenvalue weighted by Crippen LogP contribution is -2.65. The Kier molecular flexibility index (Phi) is 57.6. The minimum absolute atomic E-state index is 0.237. The summed E-state index contributed by atoms with van der Waals surface area (Å²) in [6.45, 7) is 2.73. The number of ether oxygens (including phenoxy) is 4. The van der Waals surface area contributed by atoms with Crippen molar-refractivity contribution < 1.29 is 64.6 Å². The lowest BCUT2D eigenvalue weighted by Gasteiger charge is -2.46. The molecule has 92 heavy (non-hydrogen) atoms. The standard InChI is InChI=1S/C78H141NO13/c1-3-5-7-9-11-13-15-17-19-21-23-25-27-29-31-32-33-34-36-38-40-42-44-46-48-50-52-54-56-58-60-62-70(83)79-66(65-89-77-75(88)73(86)76(69(64-81)91-77)92-78-74(87)72(85)71(84)68(63-80)90-78)67(82)61-59-57-55-53-51-49-47-45-43-41-39-37-35-30-28-26-24-22-20-18-16-14-12-10-8-6-4-2/h5,7,11,13,17,19,23,25,29,31,59,61,66-69,71-78,80-82,84-88H,3-4,6,8-10,12,14-16,18,20-22,24,26-28,30,32-58,60,62-65H2,1-2H3,(H,79,83)/b7-5-,13-11-,19-17-,25-23-,31-29-,61-59+. The van der Waals surface area contributed by atoms with Crippen LogP contribution in [0.25, 0.3) is 0 Å². The molecule has 0 aromatic rings. The summed E-state index contributed by atoms with van der Waals surface area (Å²) >= 11 is 0. The number of unbranched alkanes of at least 4 members (excludes halogenated alkanes) is 40. The van der Waals surface area contributed by atoms with Crippen molar-refractivity contribution in [2.24, 2.45) is 0 Å². The first-order valence-electron chi connectivity index (χ1n) is 38.2. The molecule has 12 atom stereocenters. The van der Waals surface area contributed by atoms with E-state index in [2.05, 4.69) is 79.9 Å².